The van der Waals surface area contributed by atoms with E-state index in [1.165, 1.54) is 35.5 Å². The summed E-state index contributed by atoms with van der Waals surface area (Å²) in [4.78, 5) is 14.4. The highest BCUT2D eigenvalue weighted by Crippen LogP contribution is 2.48. The molecule has 1 aliphatic heterocycles. The van der Waals surface area contributed by atoms with Crippen molar-refractivity contribution in [2.45, 2.75) is 43.9 Å². The average Bonchev–Trinajstić information content (AvgIpc) is 3.13. The van der Waals surface area contributed by atoms with Gasteiger partial charge in [-0.25, -0.2) is 0 Å². The number of benzene rings is 1. The Morgan fingerprint density at radius 2 is 2.04 bits per heavy atom. The Morgan fingerprint density at radius 1 is 1.26 bits per heavy atom. The number of amides is 1. The molecule has 0 radical (unpaired) electrons. The van der Waals surface area contributed by atoms with Crippen LogP contribution in [-0.2, 0) is 5.41 Å². The predicted molar refractivity (Wildman–Crippen MR) is 90.8 cm³/mol. The minimum Gasteiger partial charge on any atom is -0.337 e. The highest BCUT2D eigenvalue weighted by molar-refractivity contribution is 7.03. The van der Waals surface area contributed by atoms with Gasteiger partial charge in [0.2, 0.25) is 0 Å². The van der Waals surface area contributed by atoms with Crippen LogP contribution in [0.2, 0.25) is 0 Å². The number of rotatable bonds is 1. The lowest BCUT2D eigenvalue weighted by molar-refractivity contribution is 0.0643. The molecule has 23 heavy (non-hydrogen) atoms. The Morgan fingerprint density at radius 3 is 2.78 bits per heavy atom. The zero-order valence-corrected chi connectivity index (χ0v) is 14.2. The van der Waals surface area contributed by atoms with Gasteiger partial charge in [0.15, 0.2) is 5.69 Å². The first kappa shape index (κ1) is 14.8. The van der Waals surface area contributed by atoms with Crippen LogP contribution < -0.4 is 0 Å². The number of hydrogen-bond acceptors (Lipinski definition) is 4. The largest absolute Gasteiger partial charge is 0.337 e. The summed E-state index contributed by atoms with van der Waals surface area (Å²) in [6.07, 6.45) is 4.60. The van der Waals surface area contributed by atoms with Crippen molar-refractivity contribution in [1.29, 1.82) is 0 Å². The summed E-state index contributed by atoms with van der Waals surface area (Å²) in [7, 11) is 0. The van der Waals surface area contributed by atoms with E-state index in [0.29, 0.717) is 11.6 Å². The summed E-state index contributed by atoms with van der Waals surface area (Å²) >= 11 is 1.24. The van der Waals surface area contributed by atoms with Crippen molar-refractivity contribution >= 4 is 17.4 Å². The molecule has 1 atom stereocenters. The van der Waals surface area contributed by atoms with Crippen LogP contribution in [0, 0.1) is 0 Å². The average molecular weight is 327 g/mol. The summed E-state index contributed by atoms with van der Waals surface area (Å²) in [5, 5.41) is 5.66. The van der Waals surface area contributed by atoms with Gasteiger partial charge in [-0.2, -0.15) is 0 Å². The quantitative estimate of drug-likeness (QED) is 0.804. The molecule has 1 fully saturated rings. The first-order valence-corrected chi connectivity index (χ1v) is 9.19. The van der Waals surface area contributed by atoms with Gasteiger partial charge in [-0.15, -0.1) is 5.10 Å². The fourth-order valence-corrected chi connectivity index (χ4v) is 4.70. The molecule has 1 saturated heterocycles. The van der Waals surface area contributed by atoms with Crippen molar-refractivity contribution in [1.82, 2.24) is 14.5 Å². The summed E-state index contributed by atoms with van der Waals surface area (Å²) in [5.41, 5.74) is 3.80. The number of aromatic nitrogens is 2. The van der Waals surface area contributed by atoms with E-state index in [9.17, 15) is 4.79 Å². The van der Waals surface area contributed by atoms with E-state index in [2.05, 4.69) is 40.8 Å². The molecule has 0 bridgehead atoms. The first-order chi connectivity index (χ1) is 11.2. The van der Waals surface area contributed by atoms with Crippen LogP contribution in [0.3, 0.4) is 0 Å². The van der Waals surface area contributed by atoms with Gasteiger partial charge in [-0.05, 0) is 59.7 Å². The predicted octanol–water partition coefficient (Wildman–Crippen LogP) is 3.61. The lowest BCUT2D eigenvalue weighted by Gasteiger charge is -2.46. The third-order valence-corrected chi connectivity index (χ3v) is 6.21. The Bertz CT molecular complexity index is 705. The fourth-order valence-electron chi connectivity index (χ4n) is 4.27. The number of likely N-dealkylation sites (tertiary alicyclic amines) is 1. The Labute approximate surface area is 140 Å². The van der Waals surface area contributed by atoms with E-state index in [0.717, 1.165) is 25.9 Å². The SMILES string of the molecule is CC1CCC2(CCN(C(=O)c3csnn3)CC2)c2ccccc21. The molecule has 0 N–H and O–H groups in total. The molecule has 2 heterocycles. The highest BCUT2D eigenvalue weighted by atomic mass is 32.1. The second-order valence-electron chi connectivity index (χ2n) is 6.89. The van der Waals surface area contributed by atoms with Crippen LogP contribution in [0.25, 0.3) is 0 Å². The second kappa shape index (κ2) is 5.71. The van der Waals surface area contributed by atoms with E-state index in [-0.39, 0.29) is 11.3 Å². The molecule has 1 unspecified atom stereocenters. The second-order valence-corrected chi connectivity index (χ2v) is 7.50. The monoisotopic (exact) mass is 327 g/mol. The van der Waals surface area contributed by atoms with Gasteiger partial charge in [0.1, 0.15) is 0 Å². The normalized spacial score (nSPS) is 22.8. The van der Waals surface area contributed by atoms with Crippen LogP contribution >= 0.6 is 11.5 Å². The van der Waals surface area contributed by atoms with E-state index in [1.807, 2.05) is 4.90 Å². The molecule has 120 valence electrons. The maximum atomic E-state index is 12.5. The molecule has 4 nitrogen and oxygen atoms in total. The van der Waals surface area contributed by atoms with Crippen molar-refractivity contribution in [2.24, 2.45) is 0 Å². The Balaban J connectivity index is 1.55. The number of nitrogens with zero attached hydrogens (tertiary/aromatic N) is 3. The fraction of sp³-hybridized carbons (Fsp3) is 0.500. The highest BCUT2D eigenvalue weighted by Gasteiger charge is 2.41. The molecule has 1 spiro atoms. The molecule has 1 aromatic carbocycles. The van der Waals surface area contributed by atoms with Gasteiger partial charge in [-0.3, -0.25) is 4.79 Å². The van der Waals surface area contributed by atoms with Gasteiger partial charge in [-0.1, -0.05) is 35.7 Å². The standard InChI is InChI=1S/C18H21N3OS/c1-13-6-7-18(15-5-3-2-4-14(13)15)8-10-21(11-9-18)17(22)16-12-23-20-19-16/h2-5,12-13H,6-11H2,1H3. The molecule has 1 aromatic heterocycles. The summed E-state index contributed by atoms with van der Waals surface area (Å²) in [5.74, 6) is 0.684. The number of piperidine rings is 1. The van der Waals surface area contributed by atoms with Crippen molar-refractivity contribution in [3.8, 4) is 0 Å². The lowest BCUT2D eigenvalue weighted by atomic mass is 9.62. The van der Waals surface area contributed by atoms with Crippen molar-refractivity contribution in [3.05, 3.63) is 46.5 Å². The minimum atomic E-state index is 0.0334. The summed E-state index contributed by atoms with van der Waals surface area (Å²) < 4.78 is 3.80. The zero-order chi connectivity index (χ0) is 15.9. The van der Waals surface area contributed by atoms with Gasteiger partial charge in [0.05, 0.1) is 0 Å². The first-order valence-electron chi connectivity index (χ1n) is 8.35. The summed E-state index contributed by atoms with van der Waals surface area (Å²) in [6.45, 7) is 3.97. The smallest absolute Gasteiger partial charge is 0.275 e. The maximum Gasteiger partial charge on any atom is 0.275 e. The van der Waals surface area contributed by atoms with E-state index >= 15 is 0 Å². The third-order valence-electron chi connectivity index (χ3n) is 5.71. The lowest BCUT2D eigenvalue weighted by Crippen LogP contribution is -2.46. The molecular weight excluding hydrogens is 306 g/mol. The molecule has 5 heteroatoms. The molecular formula is C18H21N3OS. The molecule has 1 aliphatic carbocycles. The van der Waals surface area contributed by atoms with Crippen LogP contribution in [0.4, 0.5) is 0 Å². The van der Waals surface area contributed by atoms with Crippen LogP contribution in [0.1, 0.15) is 60.1 Å². The van der Waals surface area contributed by atoms with Gasteiger partial charge >= 0.3 is 0 Å². The third kappa shape index (κ3) is 2.47. The van der Waals surface area contributed by atoms with Crippen LogP contribution in [0.15, 0.2) is 29.6 Å². The van der Waals surface area contributed by atoms with Crippen molar-refractivity contribution in [2.75, 3.05) is 13.1 Å². The molecule has 1 amide bonds. The van der Waals surface area contributed by atoms with Crippen molar-refractivity contribution < 1.29 is 4.79 Å². The van der Waals surface area contributed by atoms with Crippen LogP contribution in [0.5, 0.6) is 0 Å². The molecule has 2 aliphatic rings. The Kier molecular flexibility index (Phi) is 3.68. The number of carbonyl (C=O) groups is 1. The minimum absolute atomic E-state index is 0.0334. The number of carbonyl (C=O) groups excluding carboxylic acids is 1. The number of hydrogen-bond donors (Lipinski definition) is 0. The maximum absolute atomic E-state index is 12.5. The van der Waals surface area contributed by atoms with E-state index < -0.39 is 0 Å². The molecule has 4 rings (SSSR count). The van der Waals surface area contributed by atoms with E-state index in [4.69, 9.17) is 0 Å². The van der Waals surface area contributed by atoms with Gasteiger partial charge < -0.3 is 4.90 Å². The number of fused-ring (bicyclic) bond motifs is 2. The topological polar surface area (TPSA) is 46.1 Å². The molecule has 2 aromatic rings. The Hall–Kier alpha value is -1.75. The van der Waals surface area contributed by atoms with Crippen molar-refractivity contribution in [3.63, 3.8) is 0 Å². The summed E-state index contributed by atoms with van der Waals surface area (Å²) in [6, 6.07) is 8.92. The molecule has 0 saturated carbocycles. The van der Waals surface area contributed by atoms with Gasteiger partial charge in [0, 0.05) is 18.5 Å². The van der Waals surface area contributed by atoms with Crippen LogP contribution in [-0.4, -0.2) is 33.5 Å². The van der Waals surface area contributed by atoms with E-state index in [1.54, 1.807) is 5.38 Å². The zero-order valence-electron chi connectivity index (χ0n) is 13.4. The van der Waals surface area contributed by atoms with Gasteiger partial charge in [0.25, 0.3) is 5.91 Å².